The number of anilines is 2. The monoisotopic (exact) mass is 513 g/mol. The molecule has 0 saturated heterocycles. The van der Waals surface area contributed by atoms with Gasteiger partial charge in [0, 0.05) is 11.3 Å². The van der Waals surface area contributed by atoms with Gasteiger partial charge < -0.3 is 15.7 Å². The Labute approximate surface area is 208 Å². The van der Waals surface area contributed by atoms with Gasteiger partial charge in [-0.15, -0.1) is 0 Å². The van der Waals surface area contributed by atoms with Crippen molar-refractivity contribution >= 4 is 44.2 Å². The summed E-state index contributed by atoms with van der Waals surface area (Å²) in [6.45, 7) is 3.45. The Balaban J connectivity index is 1.44. The summed E-state index contributed by atoms with van der Waals surface area (Å²) in [6, 6.07) is 16.7. The van der Waals surface area contributed by atoms with E-state index in [1.807, 2.05) is 24.3 Å². The lowest BCUT2D eigenvalue weighted by molar-refractivity contribution is -0.140. The number of benzene rings is 3. The molecule has 0 saturated carbocycles. The summed E-state index contributed by atoms with van der Waals surface area (Å²) in [6.07, 6.45) is -4.40. The zero-order valence-corrected chi connectivity index (χ0v) is 20.1. The number of halogens is 3. The maximum atomic E-state index is 12.9. The number of carbonyl (C=O) groups is 2. The standard InChI is InChI=1S/C26H22F3N3O3S/c1-14(2)22(24(34)35)32-23(33)17-5-3-15(4-6-17)16-7-10-19(11-8-16)30-25-31-20-12-9-18(26(27,28)29)13-21(20)36-25/h3-14,22H,1-2H3,(H,30,31)(H,32,33)(H,34,35)/t22-/m0/s1. The van der Waals surface area contributed by atoms with Crippen molar-refractivity contribution in [2.24, 2.45) is 5.92 Å². The van der Waals surface area contributed by atoms with Crippen molar-refractivity contribution in [1.29, 1.82) is 0 Å². The Hall–Kier alpha value is -3.92. The van der Waals surface area contributed by atoms with Crippen molar-refractivity contribution in [3.63, 3.8) is 0 Å². The zero-order valence-electron chi connectivity index (χ0n) is 19.3. The van der Waals surface area contributed by atoms with Crippen molar-refractivity contribution in [2.75, 3.05) is 5.32 Å². The van der Waals surface area contributed by atoms with Gasteiger partial charge in [0.05, 0.1) is 15.8 Å². The van der Waals surface area contributed by atoms with E-state index in [0.29, 0.717) is 20.9 Å². The molecular formula is C26H22F3N3O3S. The molecule has 0 radical (unpaired) electrons. The van der Waals surface area contributed by atoms with Crippen LogP contribution < -0.4 is 10.6 Å². The third-order valence-corrected chi connectivity index (χ3v) is 6.49. The summed E-state index contributed by atoms with van der Waals surface area (Å²) in [5, 5.41) is 15.4. The van der Waals surface area contributed by atoms with Gasteiger partial charge in [-0.25, -0.2) is 9.78 Å². The molecule has 1 amide bonds. The molecule has 0 aliphatic carbocycles. The summed E-state index contributed by atoms with van der Waals surface area (Å²) in [5.74, 6) is -1.79. The molecule has 10 heteroatoms. The fourth-order valence-corrected chi connectivity index (χ4v) is 4.50. The van der Waals surface area contributed by atoms with Crippen LogP contribution in [0.4, 0.5) is 24.0 Å². The highest BCUT2D eigenvalue weighted by Crippen LogP contribution is 2.35. The van der Waals surface area contributed by atoms with Gasteiger partial charge >= 0.3 is 12.1 Å². The second kappa shape index (κ2) is 9.98. The molecule has 0 spiro atoms. The Kier molecular flexibility index (Phi) is 6.98. The van der Waals surface area contributed by atoms with E-state index in [0.717, 1.165) is 40.3 Å². The molecule has 3 aromatic carbocycles. The van der Waals surface area contributed by atoms with Crippen molar-refractivity contribution in [3.05, 3.63) is 77.9 Å². The van der Waals surface area contributed by atoms with E-state index in [1.165, 1.54) is 6.07 Å². The molecule has 0 fully saturated rings. The van der Waals surface area contributed by atoms with Crippen LogP contribution in [0.2, 0.25) is 0 Å². The predicted molar refractivity (Wildman–Crippen MR) is 134 cm³/mol. The van der Waals surface area contributed by atoms with Crippen LogP contribution in [0.1, 0.15) is 29.8 Å². The van der Waals surface area contributed by atoms with Gasteiger partial charge in [-0.1, -0.05) is 49.4 Å². The first-order valence-corrected chi connectivity index (χ1v) is 11.8. The average Bonchev–Trinajstić information content (AvgIpc) is 3.23. The summed E-state index contributed by atoms with van der Waals surface area (Å²) in [4.78, 5) is 28.1. The maximum absolute atomic E-state index is 12.9. The number of hydrogen-bond acceptors (Lipinski definition) is 5. The van der Waals surface area contributed by atoms with Gasteiger partial charge in [-0.3, -0.25) is 4.79 Å². The van der Waals surface area contributed by atoms with Gasteiger partial charge in [0.15, 0.2) is 5.13 Å². The smallest absolute Gasteiger partial charge is 0.416 e. The lowest BCUT2D eigenvalue weighted by atomic mass is 10.0. The fraction of sp³-hybridized carbons (Fsp3) is 0.192. The summed E-state index contributed by atoms with van der Waals surface area (Å²) in [7, 11) is 0. The number of carboxylic acids is 1. The number of aromatic nitrogens is 1. The van der Waals surface area contributed by atoms with Crippen LogP contribution in [0, 0.1) is 5.92 Å². The first-order chi connectivity index (χ1) is 17.0. The van der Waals surface area contributed by atoms with E-state index in [4.69, 9.17) is 0 Å². The highest BCUT2D eigenvalue weighted by Gasteiger charge is 2.30. The second-order valence-electron chi connectivity index (χ2n) is 8.51. The van der Waals surface area contributed by atoms with Crippen molar-refractivity contribution < 1.29 is 27.9 Å². The molecular weight excluding hydrogens is 491 g/mol. The molecule has 4 aromatic rings. The number of alkyl halides is 3. The molecule has 4 rings (SSSR count). The van der Waals surface area contributed by atoms with Gasteiger partial charge in [0.2, 0.25) is 0 Å². The van der Waals surface area contributed by atoms with E-state index in [-0.39, 0.29) is 5.92 Å². The molecule has 36 heavy (non-hydrogen) atoms. The molecule has 186 valence electrons. The molecule has 1 atom stereocenters. The lowest BCUT2D eigenvalue weighted by Gasteiger charge is -2.18. The normalized spacial score (nSPS) is 12.5. The molecule has 1 heterocycles. The number of amides is 1. The number of thiazole rings is 1. The van der Waals surface area contributed by atoms with Gasteiger partial charge in [0.1, 0.15) is 6.04 Å². The van der Waals surface area contributed by atoms with E-state index < -0.39 is 29.7 Å². The molecule has 6 nitrogen and oxygen atoms in total. The predicted octanol–water partition coefficient (Wildman–Crippen LogP) is 6.56. The van der Waals surface area contributed by atoms with Crippen molar-refractivity contribution in [2.45, 2.75) is 26.1 Å². The number of aliphatic carboxylic acids is 1. The van der Waals surface area contributed by atoms with Crippen LogP contribution in [0.25, 0.3) is 21.3 Å². The number of nitrogens with zero attached hydrogens (tertiary/aromatic N) is 1. The molecule has 0 unspecified atom stereocenters. The van der Waals surface area contributed by atoms with Crippen LogP contribution >= 0.6 is 11.3 Å². The maximum Gasteiger partial charge on any atom is 0.416 e. The minimum Gasteiger partial charge on any atom is -0.480 e. The van der Waals surface area contributed by atoms with Crippen LogP contribution in [0.3, 0.4) is 0 Å². The Morgan fingerprint density at radius 3 is 2.11 bits per heavy atom. The van der Waals surface area contributed by atoms with Gasteiger partial charge in [-0.2, -0.15) is 13.2 Å². The van der Waals surface area contributed by atoms with Gasteiger partial charge in [0.25, 0.3) is 5.91 Å². The molecule has 0 aliphatic rings. The second-order valence-corrected chi connectivity index (χ2v) is 9.54. The SMILES string of the molecule is CC(C)[C@H](NC(=O)c1ccc(-c2ccc(Nc3nc4ccc(C(F)(F)F)cc4s3)cc2)cc1)C(=O)O. The number of rotatable bonds is 7. The number of carbonyl (C=O) groups excluding carboxylic acids is 1. The molecule has 0 aliphatic heterocycles. The minimum atomic E-state index is -4.40. The number of carboxylic acid groups (broad SMARTS) is 1. The number of fused-ring (bicyclic) bond motifs is 1. The van der Waals surface area contributed by atoms with Crippen LogP contribution in [0.5, 0.6) is 0 Å². The molecule has 1 aromatic heterocycles. The van der Waals surface area contributed by atoms with Crippen molar-refractivity contribution in [3.8, 4) is 11.1 Å². The summed E-state index contributed by atoms with van der Waals surface area (Å²) < 4.78 is 39.3. The first kappa shape index (κ1) is 25.2. The Bertz CT molecular complexity index is 1400. The number of nitrogens with one attached hydrogen (secondary N) is 2. The topological polar surface area (TPSA) is 91.3 Å². The zero-order chi connectivity index (χ0) is 26.0. The molecule has 3 N–H and O–H groups in total. The highest BCUT2D eigenvalue weighted by molar-refractivity contribution is 7.22. The third kappa shape index (κ3) is 5.65. The first-order valence-electron chi connectivity index (χ1n) is 11.0. The Morgan fingerprint density at radius 2 is 1.56 bits per heavy atom. The van der Waals surface area contributed by atoms with Crippen LogP contribution in [-0.2, 0) is 11.0 Å². The quantitative estimate of drug-likeness (QED) is 0.260. The van der Waals surface area contributed by atoms with E-state index in [2.05, 4.69) is 15.6 Å². The minimum absolute atomic E-state index is 0.252. The van der Waals surface area contributed by atoms with Crippen LogP contribution in [-0.4, -0.2) is 28.0 Å². The van der Waals surface area contributed by atoms with E-state index in [9.17, 15) is 27.9 Å². The van der Waals surface area contributed by atoms with Crippen molar-refractivity contribution in [1.82, 2.24) is 10.3 Å². The number of hydrogen-bond donors (Lipinski definition) is 3. The third-order valence-electron chi connectivity index (χ3n) is 5.55. The molecule has 0 bridgehead atoms. The van der Waals surface area contributed by atoms with E-state index in [1.54, 1.807) is 38.1 Å². The Morgan fingerprint density at radius 1 is 0.944 bits per heavy atom. The lowest BCUT2D eigenvalue weighted by Crippen LogP contribution is -2.44. The van der Waals surface area contributed by atoms with Crippen LogP contribution in [0.15, 0.2) is 66.7 Å². The summed E-state index contributed by atoms with van der Waals surface area (Å²) >= 11 is 1.14. The highest BCUT2D eigenvalue weighted by atomic mass is 32.1. The summed E-state index contributed by atoms with van der Waals surface area (Å²) in [5.41, 5.74) is 2.60. The fourth-order valence-electron chi connectivity index (χ4n) is 3.58. The van der Waals surface area contributed by atoms with E-state index >= 15 is 0 Å². The largest absolute Gasteiger partial charge is 0.480 e. The average molecular weight is 514 g/mol. The van der Waals surface area contributed by atoms with Gasteiger partial charge in [-0.05, 0) is 59.5 Å².